The summed E-state index contributed by atoms with van der Waals surface area (Å²) in [4.78, 5) is 26.5. The largest absolute Gasteiger partial charge is 0.497 e. The molecule has 0 saturated heterocycles. The second-order valence-corrected chi connectivity index (χ2v) is 7.22. The maximum Gasteiger partial charge on any atom is 0.312 e. The minimum Gasteiger partial charge on any atom is -0.497 e. The molecule has 0 fully saturated rings. The number of nitrogens with zero attached hydrogens (tertiary/aromatic N) is 4. The van der Waals surface area contributed by atoms with Gasteiger partial charge in [-0.15, -0.1) is 11.3 Å². The van der Waals surface area contributed by atoms with Crippen molar-refractivity contribution in [2.45, 2.75) is 26.9 Å². The first-order valence-corrected chi connectivity index (χ1v) is 9.44. The zero-order chi connectivity index (χ0) is 20.3. The van der Waals surface area contributed by atoms with Crippen LogP contribution >= 0.6 is 11.3 Å². The smallest absolute Gasteiger partial charge is 0.312 e. The highest BCUT2D eigenvalue weighted by Crippen LogP contribution is 2.25. The van der Waals surface area contributed by atoms with E-state index in [0.717, 1.165) is 10.6 Å². The van der Waals surface area contributed by atoms with Gasteiger partial charge in [0.25, 0.3) is 0 Å². The molecule has 2 heterocycles. The van der Waals surface area contributed by atoms with Gasteiger partial charge >= 0.3 is 5.69 Å². The van der Waals surface area contributed by atoms with Gasteiger partial charge in [-0.1, -0.05) is 6.07 Å². The first kappa shape index (κ1) is 19.6. The molecule has 0 N–H and O–H groups in total. The normalized spacial score (nSPS) is 10.7. The van der Waals surface area contributed by atoms with Gasteiger partial charge in [-0.2, -0.15) is 5.10 Å². The van der Waals surface area contributed by atoms with Crippen LogP contribution in [0.2, 0.25) is 0 Å². The van der Waals surface area contributed by atoms with Crippen LogP contribution in [-0.4, -0.2) is 27.7 Å². The maximum absolute atomic E-state index is 13.1. The molecule has 1 aromatic carbocycles. The quantitative estimate of drug-likeness (QED) is 0.445. The Morgan fingerprint density at radius 3 is 2.54 bits per heavy atom. The number of amides is 1. The molecule has 146 valence electrons. The van der Waals surface area contributed by atoms with E-state index < -0.39 is 4.92 Å². The number of aryl methyl sites for hydroxylation is 1. The molecule has 3 rings (SSSR count). The summed E-state index contributed by atoms with van der Waals surface area (Å²) in [6.45, 7) is 3.49. The molecule has 0 atom stereocenters. The number of rotatable bonds is 7. The van der Waals surface area contributed by atoms with Crippen LogP contribution in [0.5, 0.6) is 5.75 Å². The number of hydrogen-bond acceptors (Lipinski definition) is 6. The number of benzene rings is 1. The second kappa shape index (κ2) is 8.22. The third-order valence-corrected chi connectivity index (χ3v) is 5.25. The van der Waals surface area contributed by atoms with Crippen LogP contribution in [0.3, 0.4) is 0 Å². The molecule has 0 radical (unpaired) electrons. The first-order valence-electron chi connectivity index (χ1n) is 8.56. The molecule has 0 bridgehead atoms. The van der Waals surface area contributed by atoms with Crippen molar-refractivity contribution in [3.63, 3.8) is 0 Å². The van der Waals surface area contributed by atoms with E-state index >= 15 is 0 Å². The lowest BCUT2D eigenvalue weighted by Crippen LogP contribution is -2.33. The number of anilines is 1. The lowest BCUT2D eigenvalue weighted by atomic mass is 10.2. The first-order chi connectivity index (χ1) is 13.4. The highest BCUT2D eigenvalue weighted by Gasteiger charge is 2.25. The number of aromatic nitrogens is 2. The van der Waals surface area contributed by atoms with Crippen LogP contribution in [-0.2, 0) is 17.9 Å². The maximum atomic E-state index is 13.1. The fourth-order valence-electron chi connectivity index (χ4n) is 2.96. The van der Waals surface area contributed by atoms with Gasteiger partial charge in [-0.3, -0.25) is 19.6 Å². The molecular formula is C19H20N4O4S. The Kier molecular flexibility index (Phi) is 5.74. The predicted molar refractivity (Wildman–Crippen MR) is 107 cm³/mol. The number of hydrogen-bond donors (Lipinski definition) is 0. The summed E-state index contributed by atoms with van der Waals surface area (Å²) in [6.07, 6.45) is 0. The van der Waals surface area contributed by atoms with E-state index in [4.69, 9.17) is 4.74 Å². The summed E-state index contributed by atoms with van der Waals surface area (Å²) < 4.78 is 6.58. The van der Waals surface area contributed by atoms with E-state index in [-0.39, 0.29) is 18.1 Å². The van der Waals surface area contributed by atoms with Gasteiger partial charge in [0.15, 0.2) is 0 Å². The van der Waals surface area contributed by atoms with Crippen molar-refractivity contribution in [1.29, 1.82) is 0 Å². The zero-order valence-electron chi connectivity index (χ0n) is 15.8. The molecule has 0 unspecified atom stereocenters. The van der Waals surface area contributed by atoms with Crippen LogP contribution in [0.4, 0.5) is 11.4 Å². The molecule has 9 heteroatoms. The zero-order valence-corrected chi connectivity index (χ0v) is 16.6. The molecule has 0 aliphatic rings. The SMILES string of the molecule is COc1ccc(N(Cc2cccs2)C(=O)Cn2nc(C)c([N+](=O)[O-])c2C)cc1. The van der Waals surface area contributed by atoms with Gasteiger partial charge in [0.05, 0.1) is 18.6 Å². The minimum absolute atomic E-state index is 0.0537. The lowest BCUT2D eigenvalue weighted by molar-refractivity contribution is -0.386. The van der Waals surface area contributed by atoms with Crippen molar-refractivity contribution < 1.29 is 14.5 Å². The number of carbonyl (C=O) groups excluding carboxylic acids is 1. The Morgan fingerprint density at radius 2 is 2.00 bits per heavy atom. The summed E-state index contributed by atoms with van der Waals surface area (Å²) in [5, 5.41) is 17.4. The molecule has 0 aliphatic heterocycles. The van der Waals surface area contributed by atoms with Crippen molar-refractivity contribution in [3.8, 4) is 5.75 Å². The Hall–Kier alpha value is -3.20. The van der Waals surface area contributed by atoms with Gasteiger partial charge < -0.3 is 9.64 Å². The van der Waals surface area contributed by atoms with Crippen LogP contribution in [0.25, 0.3) is 0 Å². The Morgan fingerprint density at radius 1 is 1.29 bits per heavy atom. The molecule has 1 amide bonds. The average Bonchev–Trinajstić information content (AvgIpc) is 3.27. The van der Waals surface area contributed by atoms with Gasteiger partial charge in [0.2, 0.25) is 5.91 Å². The van der Waals surface area contributed by atoms with Crippen LogP contribution in [0.1, 0.15) is 16.3 Å². The Balaban J connectivity index is 1.90. The Bertz CT molecular complexity index is 980. The summed E-state index contributed by atoms with van der Waals surface area (Å²) in [5.74, 6) is 0.487. The molecule has 0 aliphatic carbocycles. The number of ether oxygens (including phenoxy) is 1. The minimum atomic E-state index is -0.467. The molecule has 0 saturated carbocycles. The van der Waals surface area contributed by atoms with E-state index in [1.165, 1.54) is 4.68 Å². The number of thiophene rings is 1. The molecular weight excluding hydrogens is 380 g/mol. The number of nitro groups is 1. The average molecular weight is 400 g/mol. The molecule has 8 nitrogen and oxygen atoms in total. The van der Waals surface area contributed by atoms with Crippen LogP contribution in [0.15, 0.2) is 41.8 Å². The Labute approximate surface area is 166 Å². The fourth-order valence-corrected chi connectivity index (χ4v) is 3.66. The summed E-state index contributed by atoms with van der Waals surface area (Å²) >= 11 is 1.56. The second-order valence-electron chi connectivity index (χ2n) is 6.19. The third kappa shape index (κ3) is 4.04. The number of carbonyl (C=O) groups is 1. The van der Waals surface area contributed by atoms with Crippen LogP contribution in [0, 0.1) is 24.0 Å². The lowest BCUT2D eigenvalue weighted by Gasteiger charge is -2.23. The van der Waals surface area contributed by atoms with E-state index in [9.17, 15) is 14.9 Å². The topological polar surface area (TPSA) is 90.5 Å². The van der Waals surface area contributed by atoms with Gasteiger partial charge in [-0.05, 0) is 49.6 Å². The van der Waals surface area contributed by atoms with E-state index in [2.05, 4.69) is 5.10 Å². The molecule has 3 aromatic rings. The molecule has 2 aromatic heterocycles. The van der Waals surface area contributed by atoms with E-state index in [1.807, 2.05) is 29.6 Å². The highest BCUT2D eigenvalue weighted by molar-refractivity contribution is 7.09. The summed E-state index contributed by atoms with van der Waals surface area (Å²) in [7, 11) is 1.58. The van der Waals surface area contributed by atoms with Crippen molar-refractivity contribution in [1.82, 2.24) is 9.78 Å². The van der Waals surface area contributed by atoms with Gasteiger partial charge in [0.1, 0.15) is 23.7 Å². The van der Waals surface area contributed by atoms with Crippen molar-refractivity contribution >= 4 is 28.6 Å². The van der Waals surface area contributed by atoms with E-state index in [0.29, 0.717) is 23.7 Å². The van der Waals surface area contributed by atoms with Crippen molar-refractivity contribution in [3.05, 3.63) is 68.2 Å². The molecule has 0 spiro atoms. The van der Waals surface area contributed by atoms with Crippen molar-refractivity contribution in [2.75, 3.05) is 12.0 Å². The number of methoxy groups -OCH3 is 1. The monoisotopic (exact) mass is 400 g/mol. The van der Waals surface area contributed by atoms with Crippen molar-refractivity contribution in [2.24, 2.45) is 0 Å². The van der Waals surface area contributed by atoms with Gasteiger partial charge in [-0.25, -0.2) is 0 Å². The van der Waals surface area contributed by atoms with E-state index in [1.54, 1.807) is 49.3 Å². The van der Waals surface area contributed by atoms with Gasteiger partial charge in [0, 0.05) is 10.6 Å². The highest BCUT2D eigenvalue weighted by atomic mass is 32.1. The summed E-state index contributed by atoms with van der Waals surface area (Å²) in [5.41, 5.74) is 1.32. The molecule has 28 heavy (non-hydrogen) atoms. The third-order valence-electron chi connectivity index (χ3n) is 4.39. The van der Waals surface area contributed by atoms with Crippen LogP contribution < -0.4 is 9.64 Å². The fraction of sp³-hybridized carbons (Fsp3) is 0.263. The standard InChI is InChI=1S/C19H20N4O4S/c1-13-19(23(25)26)14(2)22(20-13)12-18(24)21(11-17-5-4-10-28-17)15-6-8-16(27-3)9-7-15/h4-10H,11-12H2,1-3H3. The summed E-state index contributed by atoms with van der Waals surface area (Å²) in [6, 6.07) is 11.1. The predicted octanol–water partition coefficient (Wildman–Crippen LogP) is 3.71.